The van der Waals surface area contributed by atoms with Crippen LogP contribution in [0.25, 0.3) is 0 Å². The summed E-state index contributed by atoms with van der Waals surface area (Å²) in [6.45, 7) is 8.62. The van der Waals surface area contributed by atoms with Gasteiger partial charge < -0.3 is 4.74 Å². The normalized spacial score (nSPS) is 21.2. The SMILES string of the molecule is Cc1cc(CC=CCl)cc(C)c1COC(=O)C1C(C=C(Br)Br)C1(C)C. The van der Waals surface area contributed by atoms with Gasteiger partial charge in [-0.2, -0.15) is 0 Å². The van der Waals surface area contributed by atoms with Gasteiger partial charge in [0.05, 0.1) is 9.31 Å². The van der Waals surface area contributed by atoms with Crippen LogP contribution < -0.4 is 0 Å². The number of carbonyl (C=O) groups excluding carboxylic acids is 1. The standard InChI is InChI=1S/C20H23Br2ClO2/c1-12-8-14(6-5-7-23)9-13(2)15(12)11-25-19(24)18-16(10-17(21)22)20(18,3)4/h5,7-10,16,18H,6,11H2,1-4H3. The number of rotatable bonds is 6. The van der Waals surface area contributed by atoms with Crippen LogP contribution in [0.4, 0.5) is 0 Å². The van der Waals surface area contributed by atoms with Gasteiger partial charge in [-0.1, -0.05) is 49.7 Å². The molecule has 0 saturated heterocycles. The molecule has 2 nitrogen and oxygen atoms in total. The monoisotopic (exact) mass is 488 g/mol. The average molecular weight is 491 g/mol. The highest BCUT2D eigenvalue weighted by Crippen LogP contribution is 2.60. The molecule has 0 bridgehead atoms. The van der Waals surface area contributed by atoms with Crippen molar-refractivity contribution in [1.29, 1.82) is 0 Å². The molecule has 1 aromatic carbocycles. The van der Waals surface area contributed by atoms with Gasteiger partial charge in [-0.25, -0.2) is 0 Å². The summed E-state index contributed by atoms with van der Waals surface area (Å²) in [4.78, 5) is 12.5. The van der Waals surface area contributed by atoms with E-state index in [0.29, 0.717) is 6.61 Å². The molecule has 0 radical (unpaired) electrons. The van der Waals surface area contributed by atoms with Crippen LogP contribution in [-0.4, -0.2) is 5.97 Å². The molecule has 0 aromatic heterocycles. The van der Waals surface area contributed by atoms with Crippen molar-refractivity contribution in [2.75, 3.05) is 0 Å². The number of benzene rings is 1. The predicted octanol–water partition coefficient (Wildman–Crippen LogP) is 6.55. The fourth-order valence-corrected chi connectivity index (χ4v) is 4.08. The van der Waals surface area contributed by atoms with E-state index in [1.54, 1.807) is 0 Å². The Morgan fingerprint density at radius 3 is 2.40 bits per heavy atom. The fraction of sp³-hybridized carbons (Fsp3) is 0.450. The second-order valence-electron chi connectivity index (χ2n) is 7.16. The minimum Gasteiger partial charge on any atom is -0.461 e. The van der Waals surface area contributed by atoms with Crippen LogP contribution in [0.3, 0.4) is 0 Å². The van der Waals surface area contributed by atoms with E-state index in [-0.39, 0.29) is 23.2 Å². The molecular weight excluding hydrogens is 467 g/mol. The summed E-state index contributed by atoms with van der Waals surface area (Å²) in [5.41, 5.74) is 6.04. The molecule has 2 rings (SSSR count). The van der Waals surface area contributed by atoms with Gasteiger partial charge in [0.25, 0.3) is 0 Å². The topological polar surface area (TPSA) is 26.3 Å². The van der Waals surface area contributed by atoms with Gasteiger partial charge in [0, 0.05) is 5.54 Å². The average Bonchev–Trinajstić information content (AvgIpc) is 3.03. The number of carbonyl (C=O) groups is 1. The van der Waals surface area contributed by atoms with E-state index < -0.39 is 0 Å². The lowest BCUT2D eigenvalue weighted by Crippen LogP contribution is -2.12. The third-order valence-electron chi connectivity index (χ3n) is 5.03. The predicted molar refractivity (Wildman–Crippen MR) is 111 cm³/mol. The lowest BCUT2D eigenvalue weighted by atomic mass is 9.98. The van der Waals surface area contributed by atoms with E-state index in [0.717, 1.165) is 26.5 Å². The summed E-state index contributed by atoms with van der Waals surface area (Å²) < 4.78 is 6.52. The number of hydrogen-bond acceptors (Lipinski definition) is 2. The van der Waals surface area contributed by atoms with Gasteiger partial charge in [0.15, 0.2) is 0 Å². The molecule has 0 N–H and O–H groups in total. The first-order valence-electron chi connectivity index (χ1n) is 8.22. The van der Waals surface area contributed by atoms with Gasteiger partial charge in [-0.3, -0.25) is 4.79 Å². The summed E-state index contributed by atoms with van der Waals surface area (Å²) in [5.74, 6) is -0.0209. The summed E-state index contributed by atoms with van der Waals surface area (Å²) in [7, 11) is 0. The Kier molecular flexibility index (Phi) is 6.97. The third-order valence-corrected chi connectivity index (χ3v) is 5.73. The van der Waals surface area contributed by atoms with Crippen LogP contribution in [0.5, 0.6) is 0 Å². The van der Waals surface area contributed by atoms with Crippen molar-refractivity contribution in [2.45, 2.75) is 40.7 Å². The van der Waals surface area contributed by atoms with Crippen molar-refractivity contribution in [3.05, 3.63) is 55.5 Å². The van der Waals surface area contributed by atoms with Crippen LogP contribution in [-0.2, 0) is 22.6 Å². The van der Waals surface area contributed by atoms with E-state index >= 15 is 0 Å². The molecule has 25 heavy (non-hydrogen) atoms. The van der Waals surface area contributed by atoms with E-state index in [1.807, 2.05) is 12.2 Å². The molecular formula is C20H23Br2ClO2. The Bertz CT molecular complexity index is 695. The van der Waals surface area contributed by atoms with E-state index in [4.69, 9.17) is 16.3 Å². The zero-order valence-electron chi connectivity index (χ0n) is 14.9. The quantitative estimate of drug-likeness (QED) is 0.423. The highest BCUT2D eigenvalue weighted by atomic mass is 79.9. The lowest BCUT2D eigenvalue weighted by molar-refractivity contribution is -0.147. The maximum atomic E-state index is 12.5. The van der Waals surface area contributed by atoms with Crippen molar-refractivity contribution in [2.24, 2.45) is 17.3 Å². The molecule has 5 heteroatoms. The second-order valence-corrected chi connectivity index (χ2v) is 10.2. The maximum Gasteiger partial charge on any atom is 0.310 e. The summed E-state index contributed by atoms with van der Waals surface area (Å²) >= 11 is 12.4. The van der Waals surface area contributed by atoms with Crippen molar-refractivity contribution in [1.82, 2.24) is 0 Å². The number of esters is 1. The Morgan fingerprint density at radius 1 is 1.28 bits per heavy atom. The molecule has 2 unspecified atom stereocenters. The van der Waals surface area contributed by atoms with Gasteiger partial charge in [0.2, 0.25) is 0 Å². The molecule has 1 fully saturated rings. The summed E-state index contributed by atoms with van der Waals surface area (Å²) in [6, 6.07) is 4.25. The van der Waals surface area contributed by atoms with E-state index in [9.17, 15) is 4.79 Å². The van der Waals surface area contributed by atoms with E-state index in [2.05, 4.69) is 71.7 Å². The van der Waals surface area contributed by atoms with Crippen LogP contribution >= 0.6 is 43.5 Å². The van der Waals surface area contributed by atoms with Crippen LogP contribution in [0, 0.1) is 31.1 Å². The van der Waals surface area contributed by atoms with Crippen molar-refractivity contribution < 1.29 is 9.53 Å². The first kappa shape index (κ1) is 20.7. The maximum absolute atomic E-state index is 12.5. The number of allylic oxidation sites excluding steroid dienone is 2. The molecule has 1 saturated carbocycles. The Morgan fingerprint density at radius 2 is 1.88 bits per heavy atom. The van der Waals surface area contributed by atoms with Gasteiger partial charge in [-0.05, 0) is 85.7 Å². The Labute approximate surface area is 171 Å². The largest absolute Gasteiger partial charge is 0.461 e. The minimum atomic E-state index is -0.125. The zero-order chi connectivity index (χ0) is 18.8. The number of aryl methyl sites for hydroxylation is 2. The molecule has 136 valence electrons. The van der Waals surface area contributed by atoms with Gasteiger partial charge in [-0.15, -0.1) is 0 Å². The highest BCUT2D eigenvalue weighted by Gasteiger charge is 2.61. The molecule has 0 amide bonds. The van der Waals surface area contributed by atoms with Crippen molar-refractivity contribution in [3.8, 4) is 0 Å². The summed E-state index contributed by atoms with van der Waals surface area (Å²) in [6.07, 6.45) is 4.75. The molecule has 0 heterocycles. The Hall–Kier alpha value is -0.580. The summed E-state index contributed by atoms with van der Waals surface area (Å²) in [5, 5.41) is 0. The fourth-order valence-electron chi connectivity index (χ4n) is 3.42. The molecule has 2 atom stereocenters. The molecule has 0 spiro atoms. The molecule has 1 aliphatic rings. The number of hydrogen-bond donors (Lipinski definition) is 0. The molecule has 1 aliphatic carbocycles. The first-order chi connectivity index (χ1) is 11.7. The number of ether oxygens (including phenoxy) is 1. The zero-order valence-corrected chi connectivity index (χ0v) is 18.8. The van der Waals surface area contributed by atoms with E-state index in [1.165, 1.54) is 11.1 Å². The molecule has 1 aromatic rings. The Balaban J connectivity index is 2.04. The van der Waals surface area contributed by atoms with Gasteiger partial charge in [0.1, 0.15) is 6.61 Å². The van der Waals surface area contributed by atoms with Crippen molar-refractivity contribution in [3.63, 3.8) is 0 Å². The molecule has 0 aliphatic heterocycles. The number of halogens is 3. The van der Waals surface area contributed by atoms with Crippen LogP contribution in [0.1, 0.15) is 36.1 Å². The highest BCUT2D eigenvalue weighted by molar-refractivity contribution is 9.28. The lowest BCUT2D eigenvalue weighted by Gasteiger charge is -2.13. The smallest absolute Gasteiger partial charge is 0.310 e. The first-order valence-corrected chi connectivity index (χ1v) is 10.2. The minimum absolute atomic E-state index is 0.0638. The van der Waals surface area contributed by atoms with Crippen LogP contribution in [0.15, 0.2) is 33.2 Å². The van der Waals surface area contributed by atoms with Crippen molar-refractivity contribution >= 4 is 49.4 Å². The third kappa shape index (κ3) is 4.99. The second kappa shape index (κ2) is 8.41. The van der Waals surface area contributed by atoms with Gasteiger partial charge >= 0.3 is 5.97 Å². The van der Waals surface area contributed by atoms with Crippen LogP contribution in [0.2, 0.25) is 0 Å².